The SMILES string of the molecule is CC1(c2nc3[nH]c(=O)[nH]c(=O)c3[nH]2)CCCS1. The maximum absolute atomic E-state index is 11.6. The number of aromatic amines is 3. The summed E-state index contributed by atoms with van der Waals surface area (Å²) in [6.07, 6.45) is 2.17. The normalized spacial score (nSPS) is 24.5. The molecule has 1 atom stereocenters. The quantitative estimate of drug-likeness (QED) is 0.695. The second-order valence-electron chi connectivity index (χ2n) is 4.40. The van der Waals surface area contributed by atoms with Crippen molar-refractivity contribution in [2.24, 2.45) is 0 Å². The Bertz CT molecular complexity index is 677. The Morgan fingerprint density at radius 2 is 2.12 bits per heavy atom. The summed E-state index contributed by atoms with van der Waals surface area (Å²) in [4.78, 5) is 34.8. The fourth-order valence-corrected chi connectivity index (χ4v) is 3.41. The lowest BCUT2D eigenvalue weighted by Crippen LogP contribution is -2.21. The molecule has 0 spiro atoms. The van der Waals surface area contributed by atoms with Gasteiger partial charge >= 0.3 is 5.69 Å². The molecule has 7 heteroatoms. The highest BCUT2D eigenvalue weighted by Crippen LogP contribution is 2.44. The highest BCUT2D eigenvalue weighted by Gasteiger charge is 2.34. The van der Waals surface area contributed by atoms with Crippen LogP contribution in [0.1, 0.15) is 25.6 Å². The van der Waals surface area contributed by atoms with Crippen molar-refractivity contribution < 1.29 is 0 Å². The van der Waals surface area contributed by atoms with Gasteiger partial charge in [0.25, 0.3) is 5.56 Å². The Balaban J connectivity index is 2.23. The molecule has 0 amide bonds. The molecule has 1 aliphatic heterocycles. The maximum Gasteiger partial charge on any atom is 0.327 e. The van der Waals surface area contributed by atoms with Crippen LogP contribution in [0.15, 0.2) is 9.59 Å². The fraction of sp³-hybridized carbons (Fsp3) is 0.500. The highest BCUT2D eigenvalue weighted by molar-refractivity contribution is 8.00. The molecule has 3 heterocycles. The molecule has 90 valence electrons. The molecule has 3 rings (SSSR count). The van der Waals surface area contributed by atoms with E-state index in [1.54, 1.807) is 0 Å². The van der Waals surface area contributed by atoms with Crippen LogP contribution in [-0.4, -0.2) is 25.7 Å². The summed E-state index contributed by atoms with van der Waals surface area (Å²) in [6, 6.07) is 0. The van der Waals surface area contributed by atoms with Gasteiger partial charge in [0.2, 0.25) is 0 Å². The first kappa shape index (κ1) is 10.6. The van der Waals surface area contributed by atoms with Gasteiger partial charge in [-0.25, -0.2) is 9.78 Å². The molecule has 1 fully saturated rings. The Labute approximate surface area is 100 Å². The van der Waals surface area contributed by atoms with Crippen molar-refractivity contribution in [3.63, 3.8) is 0 Å². The molecule has 1 aliphatic rings. The zero-order valence-electron chi connectivity index (χ0n) is 9.29. The third-order valence-corrected chi connectivity index (χ3v) is 4.64. The molecule has 1 unspecified atom stereocenters. The van der Waals surface area contributed by atoms with E-state index in [9.17, 15) is 9.59 Å². The van der Waals surface area contributed by atoms with Gasteiger partial charge in [-0.3, -0.25) is 14.8 Å². The number of nitrogens with one attached hydrogen (secondary N) is 3. The zero-order valence-corrected chi connectivity index (χ0v) is 10.1. The first-order valence-corrected chi connectivity index (χ1v) is 6.44. The van der Waals surface area contributed by atoms with Crippen LogP contribution in [0.25, 0.3) is 11.2 Å². The topological polar surface area (TPSA) is 94.4 Å². The van der Waals surface area contributed by atoms with Crippen LogP contribution in [0.3, 0.4) is 0 Å². The van der Waals surface area contributed by atoms with Crippen LogP contribution in [-0.2, 0) is 4.75 Å². The molecule has 0 aromatic carbocycles. The minimum Gasteiger partial charge on any atom is -0.335 e. The second kappa shape index (κ2) is 3.49. The highest BCUT2D eigenvalue weighted by atomic mass is 32.2. The Kier molecular flexibility index (Phi) is 2.19. The van der Waals surface area contributed by atoms with Gasteiger partial charge in [-0.15, -0.1) is 11.8 Å². The van der Waals surface area contributed by atoms with Crippen LogP contribution in [0.5, 0.6) is 0 Å². The monoisotopic (exact) mass is 252 g/mol. The minimum atomic E-state index is -0.523. The van der Waals surface area contributed by atoms with Crippen LogP contribution < -0.4 is 11.2 Å². The first-order chi connectivity index (χ1) is 8.08. The van der Waals surface area contributed by atoms with Gasteiger partial charge in [0.15, 0.2) is 5.65 Å². The molecule has 0 saturated carbocycles. The van der Waals surface area contributed by atoms with E-state index in [4.69, 9.17) is 0 Å². The summed E-state index contributed by atoms with van der Waals surface area (Å²) in [6.45, 7) is 2.11. The lowest BCUT2D eigenvalue weighted by atomic mass is 10.1. The van der Waals surface area contributed by atoms with Crippen molar-refractivity contribution in [1.82, 2.24) is 19.9 Å². The molecule has 17 heavy (non-hydrogen) atoms. The van der Waals surface area contributed by atoms with Gasteiger partial charge in [0.1, 0.15) is 11.3 Å². The standard InChI is InChI=1S/C10H12N4O2S/c1-10(3-2-4-17-10)8-11-5-6(12-8)13-9(16)14-7(5)15/h2-4H2,1H3,(H3,11,12,13,14,15,16). The van der Waals surface area contributed by atoms with Gasteiger partial charge in [0, 0.05) is 0 Å². The predicted octanol–water partition coefficient (Wildman–Crippen LogP) is 0.682. The molecule has 3 N–H and O–H groups in total. The van der Waals surface area contributed by atoms with E-state index in [1.807, 2.05) is 11.8 Å². The van der Waals surface area contributed by atoms with Gasteiger partial charge in [-0.2, -0.15) is 0 Å². The third-order valence-electron chi connectivity index (χ3n) is 3.11. The van der Waals surface area contributed by atoms with Crippen LogP contribution in [0.2, 0.25) is 0 Å². The number of H-pyrrole nitrogens is 3. The average molecular weight is 252 g/mol. The van der Waals surface area contributed by atoms with E-state index >= 15 is 0 Å². The molecule has 0 bridgehead atoms. The van der Waals surface area contributed by atoms with Crippen LogP contribution in [0, 0.1) is 0 Å². The Morgan fingerprint density at radius 1 is 1.29 bits per heavy atom. The largest absolute Gasteiger partial charge is 0.335 e. The number of fused-ring (bicyclic) bond motifs is 1. The number of rotatable bonds is 1. The van der Waals surface area contributed by atoms with E-state index in [2.05, 4.69) is 26.9 Å². The van der Waals surface area contributed by atoms with Crippen molar-refractivity contribution in [3.8, 4) is 0 Å². The van der Waals surface area contributed by atoms with Gasteiger partial charge in [-0.1, -0.05) is 0 Å². The number of hydrogen-bond donors (Lipinski definition) is 3. The van der Waals surface area contributed by atoms with Gasteiger partial charge < -0.3 is 4.98 Å². The van der Waals surface area contributed by atoms with Gasteiger partial charge in [0.05, 0.1) is 4.75 Å². The Hall–Kier alpha value is -1.50. The van der Waals surface area contributed by atoms with Crippen molar-refractivity contribution >= 4 is 22.9 Å². The third kappa shape index (κ3) is 1.61. The van der Waals surface area contributed by atoms with Gasteiger partial charge in [-0.05, 0) is 25.5 Å². The lowest BCUT2D eigenvalue weighted by Gasteiger charge is -2.18. The summed E-state index contributed by atoms with van der Waals surface area (Å²) in [5.74, 6) is 1.86. The van der Waals surface area contributed by atoms with E-state index in [-0.39, 0.29) is 4.75 Å². The van der Waals surface area contributed by atoms with E-state index in [1.165, 1.54) is 0 Å². The van der Waals surface area contributed by atoms with E-state index in [0.717, 1.165) is 24.4 Å². The molecular weight excluding hydrogens is 240 g/mol. The number of imidazole rings is 1. The number of hydrogen-bond acceptors (Lipinski definition) is 4. The van der Waals surface area contributed by atoms with E-state index in [0.29, 0.717) is 11.2 Å². The maximum atomic E-state index is 11.6. The van der Waals surface area contributed by atoms with Crippen LogP contribution in [0.4, 0.5) is 0 Å². The average Bonchev–Trinajstić information content (AvgIpc) is 2.84. The first-order valence-electron chi connectivity index (χ1n) is 5.45. The lowest BCUT2D eigenvalue weighted by molar-refractivity contribution is 0.613. The zero-order chi connectivity index (χ0) is 12.0. The summed E-state index contributed by atoms with van der Waals surface area (Å²) < 4.78 is -0.0810. The summed E-state index contributed by atoms with van der Waals surface area (Å²) in [5, 5.41) is 0. The van der Waals surface area contributed by atoms with Crippen molar-refractivity contribution in [1.29, 1.82) is 0 Å². The van der Waals surface area contributed by atoms with Crippen molar-refractivity contribution in [2.75, 3.05) is 5.75 Å². The molecule has 6 nitrogen and oxygen atoms in total. The number of thioether (sulfide) groups is 1. The van der Waals surface area contributed by atoms with Crippen molar-refractivity contribution in [2.45, 2.75) is 24.5 Å². The smallest absolute Gasteiger partial charge is 0.327 e. The van der Waals surface area contributed by atoms with Crippen LogP contribution >= 0.6 is 11.8 Å². The predicted molar refractivity (Wildman–Crippen MR) is 66.4 cm³/mol. The molecule has 0 radical (unpaired) electrons. The summed E-state index contributed by atoms with van der Waals surface area (Å²) >= 11 is 1.83. The summed E-state index contributed by atoms with van der Waals surface area (Å²) in [5.41, 5.74) is -0.269. The minimum absolute atomic E-state index is 0.0810. The molecule has 0 aliphatic carbocycles. The summed E-state index contributed by atoms with van der Waals surface area (Å²) in [7, 11) is 0. The second-order valence-corrected chi connectivity index (χ2v) is 6.00. The molecule has 2 aromatic rings. The van der Waals surface area contributed by atoms with Crippen molar-refractivity contribution in [3.05, 3.63) is 26.7 Å². The van der Waals surface area contributed by atoms with E-state index < -0.39 is 11.2 Å². The Morgan fingerprint density at radius 3 is 2.82 bits per heavy atom. The fourth-order valence-electron chi connectivity index (χ4n) is 2.15. The molecular formula is C10H12N4O2S. The number of nitrogens with zero attached hydrogens (tertiary/aromatic N) is 1. The molecule has 1 saturated heterocycles. The molecule has 2 aromatic heterocycles. The number of aromatic nitrogens is 4.